The molecule has 0 aromatic heterocycles. The second-order valence-corrected chi connectivity index (χ2v) is 0.402. The molecule has 0 aromatic carbocycles. The maximum Gasteiger partial charge on any atom is 0.0838 e. The summed E-state index contributed by atoms with van der Waals surface area (Å²) in [4.78, 5) is 0. The molecule has 0 saturated carbocycles. The van der Waals surface area contributed by atoms with E-state index in [-0.39, 0.29) is 0 Å². The molecule has 0 rings (SSSR count). The van der Waals surface area contributed by atoms with Crippen molar-refractivity contribution >= 4 is 0 Å². The molecule has 0 N–H and O–H groups in total. The van der Waals surface area contributed by atoms with E-state index in [9.17, 15) is 0 Å². The highest BCUT2D eigenvalue weighted by atomic mass is 16.5. The molecule has 0 spiro atoms. The summed E-state index contributed by atoms with van der Waals surface area (Å²) in [6.45, 7) is 4.63. The summed E-state index contributed by atoms with van der Waals surface area (Å²) >= 11 is 0. The third kappa shape index (κ3) is 1.83. The zero-order valence-electron chi connectivity index (χ0n) is 2.69. The summed E-state index contributed by atoms with van der Waals surface area (Å²) in [5.41, 5.74) is 0. The Labute approximate surface area is 26.6 Å². The predicted octanol–water partition coefficient (Wildman–Crippen LogP) is 0.629. The van der Waals surface area contributed by atoms with Gasteiger partial charge in [0.1, 0.15) is 0 Å². The molecule has 0 unspecified atom stereocenters. The van der Waals surface area contributed by atoms with Crippen molar-refractivity contribution in [1.82, 2.24) is 0 Å². The quantitative estimate of drug-likeness (QED) is 0.402. The maximum atomic E-state index is 4.31. The van der Waals surface area contributed by atoms with Crippen molar-refractivity contribution in [1.29, 1.82) is 0 Å². The molecule has 0 fully saturated rings. The zero-order valence-corrected chi connectivity index (χ0v) is 2.69. The summed E-state index contributed by atoms with van der Waals surface area (Å²) in [6, 6.07) is 0. The minimum Gasteiger partial charge on any atom is -0.236 e. The van der Waals surface area contributed by atoms with Crippen molar-refractivity contribution in [3.05, 3.63) is 13.5 Å². The van der Waals surface area contributed by atoms with Crippen molar-refractivity contribution < 1.29 is 4.74 Å². The number of methoxy groups -OCH3 is 1. The fourth-order valence-corrected chi connectivity index (χ4v) is 0. The fraction of sp³-hybridized carbons (Fsp3) is 0.333. The van der Waals surface area contributed by atoms with Gasteiger partial charge in [-0.05, 0) is 0 Å². The number of ether oxygens (including phenoxy) is 1. The standard InChI is InChI=1S/C3H6O/c1-3-4-2/h3H,1H2,2H3. The Morgan fingerprint density at radius 3 is 2.25 bits per heavy atom. The molecule has 1 nitrogen and oxygen atoms in total. The van der Waals surface area contributed by atoms with Gasteiger partial charge in [-0.15, -0.1) is 6.92 Å². The molecular weight excluding hydrogens is 52.0 g/mol. The van der Waals surface area contributed by atoms with E-state index in [1.54, 1.807) is 7.11 Å². The van der Waals surface area contributed by atoms with Crippen LogP contribution in [0.4, 0.5) is 0 Å². The summed E-state index contributed by atoms with van der Waals surface area (Å²) in [5.74, 6) is 0. The molecule has 0 bridgehead atoms. The fourth-order valence-electron chi connectivity index (χ4n) is 0. The molecule has 0 atom stereocenters. The number of rotatable bonds is 1. The van der Waals surface area contributed by atoms with Gasteiger partial charge in [0.15, 0.2) is 0 Å². The first-order valence-electron chi connectivity index (χ1n) is 1.05. The molecule has 0 aliphatic rings. The van der Waals surface area contributed by atoms with E-state index in [0.29, 0.717) is 0 Å². The Morgan fingerprint density at radius 2 is 2.25 bits per heavy atom. The Bertz CT molecular complexity index is 5.25. The van der Waals surface area contributed by atoms with Crippen LogP contribution in [0.15, 0.2) is 0 Å². The van der Waals surface area contributed by atoms with Gasteiger partial charge in [0.25, 0.3) is 0 Å². The van der Waals surface area contributed by atoms with Crippen molar-refractivity contribution in [2.75, 3.05) is 7.11 Å². The topological polar surface area (TPSA) is 9.23 Å². The van der Waals surface area contributed by atoms with Gasteiger partial charge < -0.3 is 0 Å². The summed E-state index contributed by atoms with van der Waals surface area (Å²) in [7, 11) is 1.56. The lowest BCUT2D eigenvalue weighted by Crippen LogP contribution is -1.64. The van der Waals surface area contributed by atoms with Crippen LogP contribution in [0.5, 0.6) is 0 Å². The van der Waals surface area contributed by atoms with Gasteiger partial charge in [-0.1, -0.05) is 0 Å². The number of hydrogen-bond donors (Lipinski definition) is 0. The zero-order chi connectivity index (χ0) is 3.41. The van der Waals surface area contributed by atoms with Crippen molar-refractivity contribution in [2.45, 2.75) is 0 Å². The van der Waals surface area contributed by atoms with Gasteiger partial charge in [0, 0.05) is 0 Å². The molecule has 0 radical (unpaired) electrons. The van der Waals surface area contributed by atoms with Gasteiger partial charge in [0.2, 0.25) is 0 Å². The van der Waals surface area contributed by atoms with Crippen molar-refractivity contribution in [3.8, 4) is 0 Å². The van der Waals surface area contributed by atoms with Crippen LogP contribution in [0.2, 0.25) is 0 Å². The summed E-state index contributed by atoms with van der Waals surface area (Å²) in [5, 5.41) is 0. The monoisotopic (exact) mass is 58.0 g/mol. The third-order valence-electron chi connectivity index (χ3n) is 0.167. The van der Waals surface area contributed by atoms with E-state index in [1.807, 2.05) is 0 Å². The first-order chi connectivity index (χ1) is 1.91. The van der Waals surface area contributed by atoms with E-state index in [1.165, 1.54) is 6.61 Å². The molecule has 0 heterocycles. The SMILES string of the molecule is [CH2-][CH+]OC. The molecule has 0 saturated heterocycles. The Morgan fingerprint density at radius 1 is 2.00 bits per heavy atom. The molecule has 24 valence electrons. The molecular formula is C3H6O. The van der Waals surface area contributed by atoms with Crippen LogP contribution < -0.4 is 0 Å². The highest BCUT2D eigenvalue weighted by Gasteiger charge is 1.56. The van der Waals surface area contributed by atoms with E-state index in [4.69, 9.17) is 0 Å². The van der Waals surface area contributed by atoms with E-state index in [0.717, 1.165) is 0 Å². The van der Waals surface area contributed by atoms with E-state index >= 15 is 0 Å². The molecule has 1 heteroatoms. The van der Waals surface area contributed by atoms with Crippen LogP contribution in [0.3, 0.4) is 0 Å². The lowest BCUT2D eigenvalue weighted by atomic mass is 10.9. The van der Waals surface area contributed by atoms with Crippen LogP contribution in [-0.2, 0) is 4.74 Å². The highest BCUT2D eigenvalue weighted by molar-refractivity contribution is 4.44. The molecule has 4 heavy (non-hydrogen) atoms. The Balaban J connectivity index is 1.97. The summed E-state index contributed by atoms with van der Waals surface area (Å²) < 4.78 is 4.31. The molecule has 0 amide bonds. The smallest absolute Gasteiger partial charge is 0.0838 e. The number of hydrogen-bond acceptors (Lipinski definition) is 1. The van der Waals surface area contributed by atoms with Gasteiger partial charge >= 0.3 is 0 Å². The first kappa shape index (κ1) is 3.83. The lowest BCUT2D eigenvalue weighted by molar-refractivity contribution is 0.295. The Hall–Kier alpha value is -0.170. The third-order valence-corrected chi connectivity index (χ3v) is 0.167. The van der Waals surface area contributed by atoms with E-state index in [2.05, 4.69) is 11.7 Å². The normalized spacial score (nSPS) is 6.50. The van der Waals surface area contributed by atoms with Crippen LogP contribution >= 0.6 is 0 Å². The second kappa shape index (κ2) is 2.83. The first-order valence-corrected chi connectivity index (χ1v) is 1.05. The second-order valence-electron chi connectivity index (χ2n) is 0.402. The largest absolute Gasteiger partial charge is 0.236 e. The minimum atomic E-state index is 1.38. The average molecular weight is 58.1 g/mol. The highest BCUT2D eigenvalue weighted by Crippen LogP contribution is 1.62. The summed E-state index contributed by atoms with van der Waals surface area (Å²) in [6.07, 6.45) is 0. The van der Waals surface area contributed by atoms with Crippen LogP contribution in [0.25, 0.3) is 0 Å². The van der Waals surface area contributed by atoms with Gasteiger partial charge in [-0.25, -0.2) is 4.74 Å². The Kier molecular flexibility index (Phi) is 2.71. The average Bonchev–Trinajstić information content (AvgIpc) is 1.37. The lowest BCUT2D eigenvalue weighted by Gasteiger charge is -1.69. The molecule has 0 aromatic rings. The minimum absolute atomic E-state index is 1.38. The molecule has 0 aliphatic heterocycles. The van der Waals surface area contributed by atoms with Crippen molar-refractivity contribution in [3.63, 3.8) is 0 Å². The van der Waals surface area contributed by atoms with Crippen LogP contribution in [0.1, 0.15) is 0 Å². The maximum absolute atomic E-state index is 4.31. The molecule has 0 aliphatic carbocycles. The van der Waals surface area contributed by atoms with Gasteiger partial charge in [0.05, 0.1) is 13.7 Å². The van der Waals surface area contributed by atoms with Crippen LogP contribution in [-0.4, -0.2) is 7.11 Å². The van der Waals surface area contributed by atoms with Crippen molar-refractivity contribution in [2.24, 2.45) is 0 Å². The predicted molar refractivity (Wildman–Crippen MR) is 16.7 cm³/mol. The van der Waals surface area contributed by atoms with E-state index < -0.39 is 0 Å². The van der Waals surface area contributed by atoms with Gasteiger partial charge in [-0.3, -0.25) is 0 Å². The van der Waals surface area contributed by atoms with Gasteiger partial charge in [-0.2, -0.15) is 0 Å². The van der Waals surface area contributed by atoms with Crippen LogP contribution in [0, 0.1) is 13.5 Å².